The lowest BCUT2D eigenvalue weighted by atomic mass is 9.95. The molecule has 2 amide bonds. The van der Waals surface area contributed by atoms with Crippen molar-refractivity contribution >= 4 is 23.4 Å². The van der Waals surface area contributed by atoms with Gasteiger partial charge in [-0.3, -0.25) is 9.59 Å². The van der Waals surface area contributed by atoms with Crippen LogP contribution in [0.4, 0.5) is 0 Å². The van der Waals surface area contributed by atoms with E-state index in [9.17, 15) is 9.59 Å². The van der Waals surface area contributed by atoms with Gasteiger partial charge in [0.15, 0.2) is 0 Å². The molecule has 1 heterocycles. The molecule has 1 aromatic rings. The molecule has 0 saturated carbocycles. The van der Waals surface area contributed by atoms with E-state index in [1.807, 2.05) is 4.90 Å². The number of likely N-dealkylation sites (tertiary alicyclic amines) is 1. The highest BCUT2D eigenvalue weighted by Gasteiger charge is 2.27. The largest absolute Gasteiger partial charge is 0.356 e. The summed E-state index contributed by atoms with van der Waals surface area (Å²) in [5.41, 5.74) is 0.609. The van der Waals surface area contributed by atoms with Crippen molar-refractivity contribution in [2.24, 2.45) is 11.8 Å². The Hall–Kier alpha value is -1.55. The van der Waals surface area contributed by atoms with Crippen molar-refractivity contribution in [3.8, 4) is 0 Å². The lowest BCUT2D eigenvalue weighted by Gasteiger charge is -2.31. The van der Waals surface area contributed by atoms with Crippen LogP contribution in [0.2, 0.25) is 5.02 Å². The molecule has 0 spiro atoms. The molecule has 0 aromatic heterocycles. The summed E-state index contributed by atoms with van der Waals surface area (Å²) < 4.78 is 0. The van der Waals surface area contributed by atoms with E-state index in [4.69, 9.17) is 11.6 Å². The van der Waals surface area contributed by atoms with Crippen molar-refractivity contribution in [3.05, 3.63) is 34.9 Å². The molecule has 0 bridgehead atoms. The molecule has 23 heavy (non-hydrogen) atoms. The average molecular weight is 337 g/mol. The van der Waals surface area contributed by atoms with E-state index in [2.05, 4.69) is 19.2 Å². The summed E-state index contributed by atoms with van der Waals surface area (Å²) in [6.45, 7) is 6.26. The summed E-state index contributed by atoms with van der Waals surface area (Å²) in [6, 6.07) is 7.00. The van der Waals surface area contributed by atoms with Gasteiger partial charge in [-0.25, -0.2) is 0 Å². The predicted octanol–water partition coefficient (Wildman–Crippen LogP) is 3.35. The van der Waals surface area contributed by atoms with Crippen molar-refractivity contribution in [3.63, 3.8) is 0 Å². The molecule has 1 fully saturated rings. The fraction of sp³-hybridized carbons (Fsp3) is 0.556. The van der Waals surface area contributed by atoms with Gasteiger partial charge in [0, 0.05) is 36.1 Å². The van der Waals surface area contributed by atoms with Gasteiger partial charge in [0.2, 0.25) is 5.91 Å². The van der Waals surface area contributed by atoms with Crippen LogP contribution in [0, 0.1) is 11.8 Å². The molecule has 0 aliphatic carbocycles. The van der Waals surface area contributed by atoms with Gasteiger partial charge in [-0.1, -0.05) is 31.5 Å². The van der Waals surface area contributed by atoms with E-state index < -0.39 is 0 Å². The SMILES string of the molecule is CC(C)CCNC(=O)C1CCN(C(=O)c2cccc(Cl)c2)CC1. The zero-order valence-electron chi connectivity index (χ0n) is 13.8. The Kier molecular flexibility index (Phi) is 6.46. The first-order valence-electron chi connectivity index (χ1n) is 8.30. The number of hydrogen-bond donors (Lipinski definition) is 1. The van der Waals surface area contributed by atoms with Crippen LogP contribution < -0.4 is 5.32 Å². The number of benzene rings is 1. The van der Waals surface area contributed by atoms with Crippen LogP contribution in [-0.2, 0) is 4.79 Å². The minimum atomic E-state index is -0.00818. The van der Waals surface area contributed by atoms with Crippen LogP contribution in [0.1, 0.15) is 43.5 Å². The molecule has 0 atom stereocenters. The van der Waals surface area contributed by atoms with Gasteiger partial charge in [-0.05, 0) is 43.4 Å². The van der Waals surface area contributed by atoms with E-state index in [-0.39, 0.29) is 17.7 Å². The van der Waals surface area contributed by atoms with Crippen LogP contribution in [0.15, 0.2) is 24.3 Å². The zero-order valence-corrected chi connectivity index (χ0v) is 14.6. The number of halogens is 1. The molecule has 2 rings (SSSR count). The Morgan fingerprint density at radius 2 is 2.00 bits per heavy atom. The Morgan fingerprint density at radius 3 is 2.61 bits per heavy atom. The van der Waals surface area contributed by atoms with Crippen LogP contribution >= 0.6 is 11.6 Å². The second-order valence-electron chi connectivity index (χ2n) is 6.55. The van der Waals surface area contributed by atoms with E-state index in [1.165, 1.54) is 0 Å². The molecule has 1 aliphatic heterocycles. The Balaban J connectivity index is 1.81. The van der Waals surface area contributed by atoms with Gasteiger partial charge in [0.05, 0.1) is 0 Å². The third kappa shape index (κ3) is 5.24. The molecule has 1 saturated heterocycles. The molecule has 1 aromatic carbocycles. The van der Waals surface area contributed by atoms with Crippen LogP contribution in [-0.4, -0.2) is 36.3 Å². The highest BCUT2D eigenvalue weighted by molar-refractivity contribution is 6.30. The van der Waals surface area contributed by atoms with Crippen molar-refractivity contribution in [1.82, 2.24) is 10.2 Å². The molecule has 5 heteroatoms. The van der Waals surface area contributed by atoms with Gasteiger partial charge in [-0.2, -0.15) is 0 Å². The maximum absolute atomic E-state index is 12.4. The van der Waals surface area contributed by atoms with Crippen molar-refractivity contribution in [1.29, 1.82) is 0 Å². The number of piperidine rings is 1. The maximum atomic E-state index is 12.4. The van der Waals surface area contributed by atoms with E-state index in [1.54, 1.807) is 24.3 Å². The average Bonchev–Trinajstić information content (AvgIpc) is 2.54. The molecule has 1 aliphatic rings. The standard InChI is InChI=1S/C18H25ClN2O2/c1-13(2)6-9-20-17(22)14-7-10-21(11-8-14)18(23)15-4-3-5-16(19)12-15/h3-5,12-14H,6-11H2,1-2H3,(H,20,22). The number of nitrogens with one attached hydrogen (secondary N) is 1. The van der Waals surface area contributed by atoms with Gasteiger partial charge in [0.1, 0.15) is 0 Å². The van der Waals surface area contributed by atoms with Crippen molar-refractivity contribution in [2.45, 2.75) is 33.1 Å². The van der Waals surface area contributed by atoms with Crippen LogP contribution in [0.25, 0.3) is 0 Å². The summed E-state index contributed by atoms with van der Waals surface area (Å²) in [4.78, 5) is 26.4. The predicted molar refractivity (Wildman–Crippen MR) is 92.5 cm³/mol. The Morgan fingerprint density at radius 1 is 1.30 bits per heavy atom. The smallest absolute Gasteiger partial charge is 0.253 e. The topological polar surface area (TPSA) is 49.4 Å². The number of carbonyl (C=O) groups excluding carboxylic acids is 2. The Bertz CT molecular complexity index is 552. The first kappa shape index (κ1) is 17.8. The quantitative estimate of drug-likeness (QED) is 0.896. The van der Waals surface area contributed by atoms with E-state index in [0.717, 1.165) is 25.8 Å². The van der Waals surface area contributed by atoms with Gasteiger partial charge >= 0.3 is 0 Å². The van der Waals surface area contributed by atoms with Gasteiger partial charge in [0.25, 0.3) is 5.91 Å². The molecule has 4 nitrogen and oxygen atoms in total. The summed E-state index contributed by atoms with van der Waals surface area (Å²) >= 11 is 5.94. The van der Waals surface area contributed by atoms with Gasteiger partial charge in [-0.15, -0.1) is 0 Å². The summed E-state index contributed by atoms with van der Waals surface area (Å²) in [5, 5.41) is 3.57. The zero-order chi connectivity index (χ0) is 16.8. The van der Waals surface area contributed by atoms with Gasteiger partial charge < -0.3 is 10.2 Å². The first-order chi connectivity index (χ1) is 11.0. The number of nitrogens with zero attached hydrogens (tertiary/aromatic N) is 1. The first-order valence-corrected chi connectivity index (χ1v) is 8.67. The monoisotopic (exact) mass is 336 g/mol. The number of amides is 2. The fourth-order valence-corrected chi connectivity index (χ4v) is 2.97. The molecular weight excluding hydrogens is 312 g/mol. The highest BCUT2D eigenvalue weighted by atomic mass is 35.5. The third-order valence-electron chi connectivity index (χ3n) is 4.25. The second kappa shape index (κ2) is 8.34. The molecule has 0 radical (unpaired) electrons. The second-order valence-corrected chi connectivity index (χ2v) is 6.99. The lowest BCUT2D eigenvalue weighted by Crippen LogP contribution is -2.43. The number of hydrogen-bond acceptors (Lipinski definition) is 2. The van der Waals surface area contributed by atoms with Crippen LogP contribution in [0.3, 0.4) is 0 Å². The van der Waals surface area contributed by atoms with E-state index >= 15 is 0 Å². The third-order valence-corrected chi connectivity index (χ3v) is 4.48. The fourth-order valence-electron chi connectivity index (χ4n) is 2.78. The maximum Gasteiger partial charge on any atom is 0.253 e. The van der Waals surface area contributed by atoms with Crippen molar-refractivity contribution in [2.75, 3.05) is 19.6 Å². The highest BCUT2D eigenvalue weighted by Crippen LogP contribution is 2.20. The molecule has 1 N–H and O–H groups in total. The number of carbonyl (C=O) groups is 2. The lowest BCUT2D eigenvalue weighted by molar-refractivity contribution is -0.126. The van der Waals surface area contributed by atoms with Crippen LogP contribution in [0.5, 0.6) is 0 Å². The summed E-state index contributed by atoms with van der Waals surface area (Å²) in [7, 11) is 0. The summed E-state index contributed by atoms with van der Waals surface area (Å²) in [5.74, 6) is 0.727. The minimum absolute atomic E-state index is 0.00818. The summed E-state index contributed by atoms with van der Waals surface area (Å²) in [6.07, 6.45) is 2.44. The minimum Gasteiger partial charge on any atom is -0.356 e. The van der Waals surface area contributed by atoms with Crippen molar-refractivity contribution < 1.29 is 9.59 Å². The molecule has 126 valence electrons. The van der Waals surface area contributed by atoms with E-state index in [0.29, 0.717) is 29.6 Å². The molecular formula is C18H25ClN2O2. The molecule has 0 unspecified atom stereocenters. The number of rotatable bonds is 5. The normalized spacial score (nSPS) is 15.7. The Labute approximate surface area is 143 Å².